The highest BCUT2D eigenvalue weighted by Gasteiger charge is 2.32. The molecular weight excluding hydrogens is 246 g/mol. The van der Waals surface area contributed by atoms with Crippen molar-refractivity contribution in [1.82, 2.24) is 9.36 Å². The highest BCUT2D eigenvalue weighted by atomic mass is 32.1. The van der Waals surface area contributed by atoms with E-state index in [-0.39, 0.29) is 0 Å². The van der Waals surface area contributed by atoms with Crippen LogP contribution in [0.5, 0.6) is 0 Å². The molecular formula is C13H21N3OS. The van der Waals surface area contributed by atoms with E-state index in [2.05, 4.69) is 21.6 Å². The third kappa shape index (κ3) is 2.83. The first kappa shape index (κ1) is 12.4. The first-order valence-corrected chi connectivity index (χ1v) is 7.72. The lowest BCUT2D eigenvalue weighted by Gasteiger charge is -2.34. The van der Waals surface area contributed by atoms with Gasteiger partial charge in [0, 0.05) is 24.0 Å². The molecule has 2 aliphatic rings. The van der Waals surface area contributed by atoms with E-state index in [9.17, 15) is 5.11 Å². The molecule has 0 aliphatic heterocycles. The van der Waals surface area contributed by atoms with E-state index in [1.807, 2.05) is 0 Å². The Hall–Kier alpha value is -0.680. The number of aliphatic hydroxyl groups is 1. The zero-order valence-corrected chi connectivity index (χ0v) is 11.7. The molecule has 0 bridgehead atoms. The Bertz CT molecular complexity index is 408. The van der Waals surface area contributed by atoms with Gasteiger partial charge in [-0.1, -0.05) is 6.92 Å². The number of nitrogens with zero attached hydrogens (tertiary/aromatic N) is 2. The van der Waals surface area contributed by atoms with Crippen molar-refractivity contribution in [2.75, 3.05) is 11.9 Å². The van der Waals surface area contributed by atoms with Gasteiger partial charge < -0.3 is 10.4 Å². The maximum absolute atomic E-state index is 10.5. The molecule has 2 N–H and O–H groups in total. The summed E-state index contributed by atoms with van der Waals surface area (Å²) in [5, 5.41) is 14.6. The molecule has 1 aromatic heterocycles. The molecule has 0 saturated heterocycles. The summed E-state index contributed by atoms with van der Waals surface area (Å²) in [6, 6.07) is 0. The van der Waals surface area contributed by atoms with Gasteiger partial charge in [0.1, 0.15) is 5.82 Å². The zero-order chi connectivity index (χ0) is 12.6. The summed E-state index contributed by atoms with van der Waals surface area (Å²) in [5.41, 5.74) is -0.544. The predicted octanol–water partition coefficient (Wildman–Crippen LogP) is 2.77. The summed E-state index contributed by atoms with van der Waals surface area (Å²) >= 11 is 1.42. The Morgan fingerprint density at radius 1 is 1.33 bits per heavy atom. The molecule has 2 aliphatic carbocycles. The third-order valence-corrected chi connectivity index (χ3v) is 4.84. The second-order valence-corrected chi connectivity index (χ2v) is 6.74. The van der Waals surface area contributed by atoms with E-state index < -0.39 is 5.60 Å². The second-order valence-electron chi connectivity index (χ2n) is 5.99. The summed E-state index contributed by atoms with van der Waals surface area (Å²) in [6.45, 7) is 2.87. The number of anilines is 1. The van der Waals surface area contributed by atoms with E-state index in [4.69, 9.17) is 0 Å². The first-order valence-electron chi connectivity index (χ1n) is 6.94. The fourth-order valence-electron chi connectivity index (χ4n) is 2.53. The monoisotopic (exact) mass is 267 g/mol. The van der Waals surface area contributed by atoms with Crippen LogP contribution < -0.4 is 5.32 Å². The number of hydrogen-bond acceptors (Lipinski definition) is 5. The lowest BCUT2D eigenvalue weighted by atomic mass is 9.79. The number of hydrogen-bond donors (Lipinski definition) is 2. The van der Waals surface area contributed by atoms with Crippen molar-refractivity contribution >= 4 is 16.7 Å². The van der Waals surface area contributed by atoms with Crippen molar-refractivity contribution < 1.29 is 5.11 Å². The van der Waals surface area contributed by atoms with Crippen molar-refractivity contribution in [3.8, 4) is 0 Å². The van der Waals surface area contributed by atoms with Crippen molar-refractivity contribution in [2.24, 2.45) is 5.92 Å². The minimum absolute atomic E-state index is 0.544. The average Bonchev–Trinajstić information content (AvgIpc) is 3.11. The van der Waals surface area contributed by atoms with Crippen LogP contribution >= 0.6 is 11.5 Å². The summed E-state index contributed by atoms with van der Waals surface area (Å²) in [6.07, 6.45) is 6.52. The van der Waals surface area contributed by atoms with Gasteiger partial charge in [0.25, 0.3) is 0 Å². The Balaban J connectivity index is 1.53. The summed E-state index contributed by atoms with van der Waals surface area (Å²) in [4.78, 5) is 4.49. The van der Waals surface area contributed by atoms with Crippen LogP contribution in [0.25, 0.3) is 0 Å². The number of aromatic nitrogens is 2. The van der Waals surface area contributed by atoms with Crippen LogP contribution in [0.3, 0.4) is 0 Å². The molecule has 0 radical (unpaired) electrons. The van der Waals surface area contributed by atoms with E-state index >= 15 is 0 Å². The number of rotatable bonds is 4. The molecule has 1 heterocycles. The topological polar surface area (TPSA) is 58.0 Å². The van der Waals surface area contributed by atoms with Crippen LogP contribution in [0.15, 0.2) is 0 Å². The highest BCUT2D eigenvalue weighted by molar-refractivity contribution is 7.09. The van der Waals surface area contributed by atoms with Gasteiger partial charge in [0.2, 0.25) is 5.13 Å². The lowest BCUT2D eigenvalue weighted by Crippen LogP contribution is -2.40. The largest absolute Gasteiger partial charge is 0.388 e. The summed E-state index contributed by atoms with van der Waals surface area (Å²) < 4.78 is 4.36. The lowest BCUT2D eigenvalue weighted by molar-refractivity contribution is 0.00501. The Morgan fingerprint density at radius 2 is 2.06 bits per heavy atom. The molecule has 100 valence electrons. The minimum Gasteiger partial charge on any atom is -0.388 e. The van der Waals surface area contributed by atoms with Crippen LogP contribution in [-0.2, 0) is 0 Å². The van der Waals surface area contributed by atoms with E-state index in [0.717, 1.165) is 42.6 Å². The van der Waals surface area contributed by atoms with Crippen molar-refractivity contribution in [2.45, 2.75) is 57.0 Å². The molecule has 0 atom stereocenters. The minimum atomic E-state index is -0.544. The normalized spacial score (nSPS) is 32.4. The average molecular weight is 267 g/mol. The van der Waals surface area contributed by atoms with Gasteiger partial charge in [-0.3, -0.25) is 0 Å². The molecule has 0 amide bonds. The third-order valence-electron chi connectivity index (χ3n) is 4.16. The SMILES string of the molecule is CC1CCC(O)(CNc2nc(C3CC3)ns2)CC1. The Kier molecular flexibility index (Phi) is 3.28. The highest BCUT2D eigenvalue weighted by Crippen LogP contribution is 2.39. The van der Waals surface area contributed by atoms with Gasteiger partial charge in [-0.2, -0.15) is 4.37 Å². The van der Waals surface area contributed by atoms with Gasteiger partial charge in [-0.05, 0) is 44.4 Å². The van der Waals surface area contributed by atoms with Gasteiger partial charge in [0.05, 0.1) is 5.60 Å². The Labute approximate surface area is 112 Å². The molecule has 2 fully saturated rings. The fourth-order valence-corrected chi connectivity index (χ4v) is 3.17. The first-order chi connectivity index (χ1) is 8.65. The van der Waals surface area contributed by atoms with E-state index in [1.54, 1.807) is 0 Å². The van der Waals surface area contributed by atoms with Gasteiger partial charge in [0.15, 0.2) is 0 Å². The van der Waals surface area contributed by atoms with Gasteiger partial charge in [-0.25, -0.2) is 4.98 Å². The van der Waals surface area contributed by atoms with Crippen LogP contribution in [0.1, 0.15) is 57.2 Å². The predicted molar refractivity (Wildman–Crippen MR) is 73.0 cm³/mol. The maximum Gasteiger partial charge on any atom is 0.202 e. The molecule has 0 unspecified atom stereocenters. The molecule has 3 rings (SSSR count). The molecule has 4 nitrogen and oxygen atoms in total. The van der Waals surface area contributed by atoms with E-state index in [1.165, 1.54) is 24.4 Å². The zero-order valence-electron chi connectivity index (χ0n) is 10.9. The standard InChI is InChI=1S/C13H21N3OS/c1-9-4-6-13(17,7-5-9)8-14-12-15-11(16-18-12)10-2-3-10/h9-10,17H,2-8H2,1H3,(H,14,15,16). The quantitative estimate of drug-likeness (QED) is 0.880. The van der Waals surface area contributed by atoms with Crippen LogP contribution in [0, 0.1) is 5.92 Å². The molecule has 5 heteroatoms. The summed E-state index contributed by atoms with van der Waals surface area (Å²) in [7, 11) is 0. The number of nitrogens with one attached hydrogen (secondary N) is 1. The second kappa shape index (κ2) is 4.78. The molecule has 1 aromatic rings. The fraction of sp³-hybridized carbons (Fsp3) is 0.846. The molecule has 18 heavy (non-hydrogen) atoms. The van der Waals surface area contributed by atoms with Crippen molar-refractivity contribution in [3.05, 3.63) is 5.82 Å². The van der Waals surface area contributed by atoms with Crippen molar-refractivity contribution in [1.29, 1.82) is 0 Å². The van der Waals surface area contributed by atoms with Gasteiger partial charge in [-0.15, -0.1) is 0 Å². The van der Waals surface area contributed by atoms with Crippen LogP contribution in [0.4, 0.5) is 5.13 Å². The van der Waals surface area contributed by atoms with Crippen molar-refractivity contribution in [3.63, 3.8) is 0 Å². The van der Waals surface area contributed by atoms with Gasteiger partial charge >= 0.3 is 0 Å². The maximum atomic E-state index is 10.5. The summed E-state index contributed by atoms with van der Waals surface area (Å²) in [5.74, 6) is 2.36. The van der Waals surface area contributed by atoms with Crippen LogP contribution in [0.2, 0.25) is 0 Å². The Morgan fingerprint density at radius 3 is 2.72 bits per heavy atom. The van der Waals surface area contributed by atoms with E-state index in [0.29, 0.717) is 12.5 Å². The molecule has 0 spiro atoms. The smallest absolute Gasteiger partial charge is 0.202 e. The molecule has 0 aromatic carbocycles. The van der Waals surface area contributed by atoms with Crippen LogP contribution in [-0.4, -0.2) is 26.6 Å². The molecule has 2 saturated carbocycles.